The van der Waals surface area contributed by atoms with Gasteiger partial charge in [-0.3, -0.25) is 0 Å². The van der Waals surface area contributed by atoms with Crippen LogP contribution in [-0.4, -0.2) is 14.0 Å². The second-order valence-electron chi connectivity index (χ2n) is 1.31. The molecular formula is C6H7PSe. The SMILES string of the molecule is c1ccc[se][pH]cc1. The Labute approximate surface area is 56.3 Å². The molecule has 1 heterocycles. The Balaban J connectivity index is 3.00. The van der Waals surface area contributed by atoms with E-state index in [9.17, 15) is 0 Å². The molecule has 42 valence electrons. The molecule has 8 heavy (non-hydrogen) atoms. The van der Waals surface area contributed by atoms with Crippen LogP contribution in [0.1, 0.15) is 0 Å². The Morgan fingerprint density at radius 2 is 1.88 bits per heavy atom. The van der Waals surface area contributed by atoms with Crippen molar-refractivity contribution in [3.63, 3.8) is 0 Å². The molecule has 0 aliphatic carbocycles. The molecular weight excluding hydrogens is 182 g/mol. The molecule has 1 aromatic heterocycles. The van der Waals surface area contributed by atoms with Gasteiger partial charge in [0.1, 0.15) is 0 Å². The minimum absolute atomic E-state index is 0.737. The standard InChI is InChI=1S/C6H7PSe/c1-2-4-6-8-7-5-3-1/h1-7H. The van der Waals surface area contributed by atoms with Crippen LogP contribution in [0.2, 0.25) is 0 Å². The van der Waals surface area contributed by atoms with Crippen LogP contribution in [0.5, 0.6) is 0 Å². The van der Waals surface area contributed by atoms with Gasteiger partial charge in [0.05, 0.1) is 0 Å². The van der Waals surface area contributed by atoms with Crippen molar-refractivity contribution in [2.45, 2.75) is 0 Å². The molecule has 1 aromatic rings. The molecule has 0 nitrogen and oxygen atoms in total. The third-order valence-electron chi connectivity index (χ3n) is 0.712. The molecule has 0 aliphatic rings. The third-order valence-corrected chi connectivity index (χ3v) is 4.21. The molecule has 0 aliphatic heterocycles. The van der Waals surface area contributed by atoms with Crippen LogP contribution in [0, 0.1) is 0 Å². The molecule has 0 amide bonds. The Morgan fingerprint density at radius 1 is 1.00 bits per heavy atom. The summed E-state index contributed by atoms with van der Waals surface area (Å²) >= 11 is 0.737. The number of hydrogen-bond donors (Lipinski definition) is 0. The van der Waals surface area contributed by atoms with E-state index in [1.54, 1.807) is 0 Å². The maximum atomic E-state index is 2.26. The van der Waals surface area contributed by atoms with E-state index in [0.717, 1.165) is 20.9 Å². The van der Waals surface area contributed by atoms with Gasteiger partial charge in [0.2, 0.25) is 0 Å². The van der Waals surface area contributed by atoms with Crippen molar-refractivity contribution < 1.29 is 0 Å². The van der Waals surface area contributed by atoms with E-state index in [4.69, 9.17) is 0 Å². The van der Waals surface area contributed by atoms with E-state index in [2.05, 4.69) is 35.0 Å². The monoisotopic (exact) mass is 190 g/mol. The fourth-order valence-corrected chi connectivity index (χ4v) is 2.98. The first-order valence-corrected chi connectivity index (χ1v) is 6.94. The van der Waals surface area contributed by atoms with Gasteiger partial charge in [-0.1, -0.05) is 0 Å². The second kappa shape index (κ2) is 3.97. The molecule has 0 spiro atoms. The first-order valence-electron chi connectivity index (χ1n) is 2.40. The molecule has 1 atom stereocenters. The average molecular weight is 189 g/mol. The zero-order valence-electron chi connectivity index (χ0n) is 4.37. The summed E-state index contributed by atoms with van der Waals surface area (Å²) in [4.78, 5) is 2.26. The van der Waals surface area contributed by atoms with E-state index in [-0.39, 0.29) is 0 Å². The van der Waals surface area contributed by atoms with E-state index < -0.39 is 0 Å². The fourth-order valence-electron chi connectivity index (χ4n) is 0.386. The zero-order valence-corrected chi connectivity index (χ0v) is 7.09. The predicted molar refractivity (Wildman–Crippen MR) is 40.5 cm³/mol. The summed E-state index contributed by atoms with van der Waals surface area (Å²) in [6.45, 7) is 1.03. The Morgan fingerprint density at radius 3 is 2.88 bits per heavy atom. The van der Waals surface area contributed by atoms with Crippen molar-refractivity contribution in [2.24, 2.45) is 0 Å². The molecule has 0 radical (unpaired) electrons. The summed E-state index contributed by atoms with van der Waals surface area (Å²) in [5.41, 5.74) is 0. The summed E-state index contributed by atoms with van der Waals surface area (Å²) in [6.07, 6.45) is 0. The normalized spacial score (nSPS) is 9.00. The predicted octanol–water partition coefficient (Wildman–Crippen LogP) is 1.90. The Kier molecular flexibility index (Phi) is 3.06. The molecule has 0 aromatic carbocycles. The molecule has 0 fully saturated rings. The second-order valence-corrected chi connectivity index (χ2v) is 5.65. The first kappa shape index (κ1) is 6.16. The topological polar surface area (TPSA) is 0 Å². The number of hydrogen-bond acceptors (Lipinski definition) is 0. The van der Waals surface area contributed by atoms with Crippen LogP contribution >= 0.6 is 6.85 Å². The fraction of sp³-hybridized carbons (Fsp3) is 0. The van der Waals surface area contributed by atoms with E-state index in [1.165, 1.54) is 0 Å². The summed E-state index contributed by atoms with van der Waals surface area (Å²) < 4.78 is 0. The Hall–Kier alpha value is 0.0395. The van der Waals surface area contributed by atoms with Crippen molar-refractivity contribution in [3.8, 4) is 0 Å². The van der Waals surface area contributed by atoms with Gasteiger partial charge in [0, 0.05) is 0 Å². The molecule has 1 rings (SSSR count). The van der Waals surface area contributed by atoms with Gasteiger partial charge in [0.15, 0.2) is 0 Å². The zero-order chi connectivity index (χ0) is 5.66. The summed E-state index contributed by atoms with van der Waals surface area (Å²) in [5.74, 6) is 2.24. The van der Waals surface area contributed by atoms with Gasteiger partial charge >= 0.3 is 55.9 Å². The summed E-state index contributed by atoms with van der Waals surface area (Å²) in [7, 11) is 0. The van der Waals surface area contributed by atoms with Gasteiger partial charge in [-0.25, -0.2) is 0 Å². The van der Waals surface area contributed by atoms with Gasteiger partial charge in [0.25, 0.3) is 0 Å². The van der Waals surface area contributed by atoms with Crippen LogP contribution in [0.4, 0.5) is 0 Å². The van der Waals surface area contributed by atoms with Gasteiger partial charge in [-0.05, 0) is 0 Å². The molecule has 0 bridgehead atoms. The molecule has 2 heteroatoms. The van der Waals surface area contributed by atoms with Crippen LogP contribution in [0.3, 0.4) is 0 Å². The molecule has 1 unspecified atom stereocenters. The van der Waals surface area contributed by atoms with E-state index in [1.807, 2.05) is 0 Å². The van der Waals surface area contributed by atoms with Crippen molar-refractivity contribution in [2.75, 3.05) is 0 Å². The third kappa shape index (κ3) is 2.37. The summed E-state index contributed by atoms with van der Waals surface area (Å²) in [5, 5.41) is 0. The van der Waals surface area contributed by atoms with Crippen LogP contribution in [-0.2, 0) is 0 Å². The van der Waals surface area contributed by atoms with Gasteiger partial charge < -0.3 is 0 Å². The van der Waals surface area contributed by atoms with Crippen LogP contribution in [0.25, 0.3) is 0 Å². The summed E-state index contributed by atoms with van der Waals surface area (Å²) in [6, 6.07) is 8.38. The van der Waals surface area contributed by atoms with Crippen LogP contribution < -0.4 is 0 Å². The Bertz CT molecular complexity index is 113. The van der Waals surface area contributed by atoms with E-state index >= 15 is 0 Å². The minimum atomic E-state index is 0.737. The maximum absolute atomic E-state index is 2.26. The van der Waals surface area contributed by atoms with E-state index in [0.29, 0.717) is 0 Å². The van der Waals surface area contributed by atoms with Crippen LogP contribution in [0.15, 0.2) is 35.0 Å². The average Bonchev–Trinajstić information content (AvgIpc) is 1.62. The molecule has 0 N–H and O–H groups in total. The van der Waals surface area contributed by atoms with Gasteiger partial charge in [-0.15, -0.1) is 0 Å². The first-order chi connectivity index (χ1) is 4.00. The van der Waals surface area contributed by atoms with Crippen molar-refractivity contribution >= 4 is 20.9 Å². The number of rotatable bonds is 0. The van der Waals surface area contributed by atoms with Gasteiger partial charge in [-0.2, -0.15) is 0 Å². The van der Waals surface area contributed by atoms with Crippen molar-refractivity contribution in [1.82, 2.24) is 0 Å². The quantitative estimate of drug-likeness (QED) is 0.546. The van der Waals surface area contributed by atoms with Crippen molar-refractivity contribution in [1.29, 1.82) is 0 Å². The molecule has 0 saturated carbocycles. The van der Waals surface area contributed by atoms with Crippen molar-refractivity contribution in [3.05, 3.63) is 35.0 Å². The molecule has 0 saturated heterocycles.